The Hall–Kier alpha value is -1.45. The molecule has 0 aliphatic rings. The summed E-state index contributed by atoms with van der Waals surface area (Å²) in [5.41, 5.74) is 0.674. The fraction of sp³-hybridized carbons (Fsp3) is 0.545. The van der Waals surface area contributed by atoms with Crippen molar-refractivity contribution in [2.24, 2.45) is 0 Å². The fourth-order valence-corrected chi connectivity index (χ4v) is 1.16. The molecular weight excluding hydrogens is 190 g/mol. The Labute approximate surface area is 90.1 Å². The Morgan fingerprint density at radius 2 is 2.00 bits per heavy atom. The van der Waals surface area contributed by atoms with Crippen LogP contribution in [0.5, 0.6) is 0 Å². The fourth-order valence-electron chi connectivity index (χ4n) is 1.16. The second kappa shape index (κ2) is 6.11. The lowest BCUT2D eigenvalue weighted by atomic mass is 10.2. The number of anilines is 1. The van der Waals surface area contributed by atoms with Crippen molar-refractivity contribution < 1.29 is 4.79 Å². The number of carbonyl (C=O) groups excluding carboxylic acids is 1. The zero-order chi connectivity index (χ0) is 11.1. The molecule has 0 fully saturated rings. The number of hydrogen-bond donors (Lipinski definition) is 1. The van der Waals surface area contributed by atoms with Crippen LogP contribution in [0.25, 0.3) is 0 Å². The molecule has 0 aliphatic carbocycles. The Morgan fingerprint density at radius 1 is 1.33 bits per heavy atom. The maximum absolute atomic E-state index is 11.4. The minimum atomic E-state index is 0.0321. The van der Waals surface area contributed by atoms with Gasteiger partial charge >= 0.3 is 0 Å². The molecule has 0 bridgehead atoms. The standard InChI is InChI=1S/C11H17N3O/c1-3-5-6-11(15)14-9-7-12-10(4-2)13-8-9/h7-8H,3-6H2,1-2H3,(H,14,15). The topological polar surface area (TPSA) is 54.9 Å². The van der Waals surface area contributed by atoms with Crippen molar-refractivity contribution >= 4 is 11.6 Å². The first-order chi connectivity index (χ1) is 7.26. The van der Waals surface area contributed by atoms with Crippen LogP contribution < -0.4 is 5.32 Å². The third-order valence-corrected chi connectivity index (χ3v) is 2.06. The Morgan fingerprint density at radius 3 is 2.53 bits per heavy atom. The molecule has 4 nitrogen and oxygen atoms in total. The summed E-state index contributed by atoms with van der Waals surface area (Å²) < 4.78 is 0. The van der Waals surface area contributed by atoms with E-state index in [4.69, 9.17) is 0 Å². The summed E-state index contributed by atoms with van der Waals surface area (Å²) in [4.78, 5) is 19.6. The normalized spacial score (nSPS) is 10.0. The van der Waals surface area contributed by atoms with Gasteiger partial charge in [-0.3, -0.25) is 4.79 Å². The van der Waals surface area contributed by atoms with Gasteiger partial charge in [-0.25, -0.2) is 9.97 Å². The lowest BCUT2D eigenvalue weighted by Crippen LogP contribution is -2.11. The summed E-state index contributed by atoms with van der Waals surface area (Å²) in [5, 5.41) is 2.76. The molecule has 0 unspecified atom stereocenters. The summed E-state index contributed by atoms with van der Waals surface area (Å²) >= 11 is 0. The number of aryl methyl sites for hydroxylation is 1. The molecule has 1 N–H and O–H groups in total. The van der Waals surface area contributed by atoms with Gasteiger partial charge in [0.05, 0.1) is 18.1 Å². The monoisotopic (exact) mass is 207 g/mol. The van der Waals surface area contributed by atoms with E-state index in [1.807, 2.05) is 6.92 Å². The Balaban J connectivity index is 2.46. The average Bonchev–Trinajstić information content (AvgIpc) is 2.27. The highest BCUT2D eigenvalue weighted by molar-refractivity contribution is 5.90. The minimum absolute atomic E-state index is 0.0321. The number of aromatic nitrogens is 2. The summed E-state index contributed by atoms with van der Waals surface area (Å²) in [7, 11) is 0. The van der Waals surface area contributed by atoms with E-state index >= 15 is 0 Å². The first-order valence-electron chi connectivity index (χ1n) is 5.37. The molecule has 0 spiro atoms. The van der Waals surface area contributed by atoms with Crippen LogP contribution in [0.3, 0.4) is 0 Å². The van der Waals surface area contributed by atoms with E-state index < -0.39 is 0 Å². The summed E-state index contributed by atoms with van der Waals surface area (Å²) in [6.45, 7) is 4.06. The van der Waals surface area contributed by atoms with Gasteiger partial charge in [-0.05, 0) is 6.42 Å². The molecule has 0 saturated heterocycles. The number of amides is 1. The van der Waals surface area contributed by atoms with Crippen LogP contribution in [0.15, 0.2) is 12.4 Å². The van der Waals surface area contributed by atoms with E-state index in [9.17, 15) is 4.79 Å². The molecule has 0 aromatic carbocycles. The van der Waals surface area contributed by atoms with Crippen LogP contribution in [-0.2, 0) is 11.2 Å². The molecule has 82 valence electrons. The van der Waals surface area contributed by atoms with Crippen molar-refractivity contribution in [3.63, 3.8) is 0 Å². The maximum Gasteiger partial charge on any atom is 0.224 e. The quantitative estimate of drug-likeness (QED) is 0.805. The summed E-state index contributed by atoms with van der Waals surface area (Å²) in [6.07, 6.45) is 6.61. The third-order valence-electron chi connectivity index (χ3n) is 2.06. The lowest BCUT2D eigenvalue weighted by molar-refractivity contribution is -0.116. The molecule has 1 amide bonds. The van der Waals surface area contributed by atoms with Crippen LogP contribution in [-0.4, -0.2) is 15.9 Å². The third kappa shape index (κ3) is 4.06. The van der Waals surface area contributed by atoms with Crippen molar-refractivity contribution in [1.82, 2.24) is 9.97 Å². The van der Waals surface area contributed by atoms with Crippen LogP contribution >= 0.6 is 0 Å². The van der Waals surface area contributed by atoms with E-state index in [1.54, 1.807) is 12.4 Å². The number of carbonyl (C=O) groups is 1. The molecular formula is C11H17N3O. The predicted octanol–water partition coefficient (Wildman–Crippen LogP) is 2.17. The van der Waals surface area contributed by atoms with Gasteiger partial charge in [0.15, 0.2) is 0 Å². The molecule has 1 heterocycles. The molecule has 1 aromatic heterocycles. The highest BCUT2D eigenvalue weighted by atomic mass is 16.1. The van der Waals surface area contributed by atoms with Gasteiger partial charge in [-0.15, -0.1) is 0 Å². The van der Waals surface area contributed by atoms with Gasteiger partial charge in [-0.2, -0.15) is 0 Å². The zero-order valence-electron chi connectivity index (χ0n) is 9.29. The second-order valence-electron chi connectivity index (χ2n) is 3.39. The predicted molar refractivity (Wildman–Crippen MR) is 59.6 cm³/mol. The van der Waals surface area contributed by atoms with Gasteiger partial charge < -0.3 is 5.32 Å². The molecule has 0 saturated carbocycles. The highest BCUT2D eigenvalue weighted by Gasteiger charge is 2.02. The Kier molecular flexibility index (Phi) is 4.74. The lowest BCUT2D eigenvalue weighted by Gasteiger charge is -2.03. The molecule has 0 aliphatic heterocycles. The summed E-state index contributed by atoms with van der Waals surface area (Å²) in [6, 6.07) is 0. The number of rotatable bonds is 5. The van der Waals surface area contributed by atoms with Crippen molar-refractivity contribution in [3.05, 3.63) is 18.2 Å². The van der Waals surface area contributed by atoms with Gasteiger partial charge in [0, 0.05) is 12.8 Å². The molecule has 1 aromatic rings. The van der Waals surface area contributed by atoms with Crippen molar-refractivity contribution in [2.45, 2.75) is 39.5 Å². The molecule has 1 rings (SSSR count). The van der Waals surface area contributed by atoms with Crippen molar-refractivity contribution in [2.75, 3.05) is 5.32 Å². The van der Waals surface area contributed by atoms with E-state index in [2.05, 4.69) is 22.2 Å². The van der Waals surface area contributed by atoms with Crippen molar-refractivity contribution in [3.8, 4) is 0 Å². The van der Waals surface area contributed by atoms with Gasteiger partial charge in [0.2, 0.25) is 5.91 Å². The number of nitrogens with one attached hydrogen (secondary N) is 1. The molecule has 0 radical (unpaired) electrons. The minimum Gasteiger partial charge on any atom is -0.323 e. The first-order valence-corrected chi connectivity index (χ1v) is 5.37. The molecule has 15 heavy (non-hydrogen) atoms. The van der Waals surface area contributed by atoms with Crippen LogP contribution in [0.4, 0.5) is 5.69 Å². The number of hydrogen-bond acceptors (Lipinski definition) is 3. The van der Waals surface area contributed by atoms with E-state index in [0.29, 0.717) is 12.1 Å². The SMILES string of the molecule is CCCCC(=O)Nc1cnc(CC)nc1. The molecule has 0 atom stereocenters. The smallest absolute Gasteiger partial charge is 0.224 e. The number of unbranched alkanes of at least 4 members (excludes halogenated alkanes) is 1. The van der Waals surface area contributed by atoms with Gasteiger partial charge in [-0.1, -0.05) is 20.3 Å². The van der Waals surface area contributed by atoms with E-state index in [0.717, 1.165) is 25.1 Å². The largest absolute Gasteiger partial charge is 0.323 e. The Bertz CT molecular complexity index is 308. The zero-order valence-corrected chi connectivity index (χ0v) is 9.29. The van der Waals surface area contributed by atoms with Gasteiger partial charge in [0.1, 0.15) is 5.82 Å². The summed E-state index contributed by atoms with van der Waals surface area (Å²) in [5.74, 6) is 0.825. The first kappa shape index (κ1) is 11.6. The second-order valence-corrected chi connectivity index (χ2v) is 3.39. The van der Waals surface area contributed by atoms with E-state index in [1.165, 1.54) is 0 Å². The van der Waals surface area contributed by atoms with Crippen LogP contribution in [0.2, 0.25) is 0 Å². The average molecular weight is 207 g/mol. The van der Waals surface area contributed by atoms with Crippen LogP contribution in [0.1, 0.15) is 38.9 Å². The maximum atomic E-state index is 11.4. The van der Waals surface area contributed by atoms with E-state index in [-0.39, 0.29) is 5.91 Å². The molecule has 4 heteroatoms. The van der Waals surface area contributed by atoms with Crippen molar-refractivity contribution in [1.29, 1.82) is 0 Å². The highest BCUT2D eigenvalue weighted by Crippen LogP contribution is 2.05. The van der Waals surface area contributed by atoms with Gasteiger partial charge in [0.25, 0.3) is 0 Å². The van der Waals surface area contributed by atoms with Crippen LogP contribution in [0, 0.1) is 0 Å². The number of nitrogens with zero attached hydrogens (tertiary/aromatic N) is 2.